The molecule has 3 aromatic carbocycles. The van der Waals surface area contributed by atoms with Crippen LogP contribution in [0.2, 0.25) is 0 Å². The Morgan fingerprint density at radius 3 is 1.50 bits per heavy atom. The van der Waals surface area contributed by atoms with E-state index in [1.807, 2.05) is 120 Å². The fraction of sp³-hybridized carbons (Fsp3) is 0.345. The van der Waals surface area contributed by atoms with Crippen molar-refractivity contribution < 1.29 is 18.3 Å². The van der Waals surface area contributed by atoms with Crippen LogP contribution in [-0.2, 0) is 20.9 Å². The summed E-state index contributed by atoms with van der Waals surface area (Å²) in [5, 5.41) is 10.6. The number of rotatable bonds is 7. The number of hydrogen-bond donors (Lipinski definition) is 3. The van der Waals surface area contributed by atoms with Crippen LogP contribution in [0.3, 0.4) is 0 Å². The molecule has 0 bridgehead atoms. The monoisotopic (exact) mass is 508 g/mol. The molecule has 0 fully saturated rings. The van der Waals surface area contributed by atoms with Crippen LogP contribution in [0.5, 0.6) is 0 Å². The van der Waals surface area contributed by atoms with Crippen LogP contribution in [0.25, 0.3) is 0 Å². The molecule has 0 radical (unpaired) electrons. The number of carbonyl (C=O) groups is 1. The van der Waals surface area contributed by atoms with Gasteiger partial charge in [0.15, 0.2) is 5.37 Å². The summed E-state index contributed by atoms with van der Waals surface area (Å²) in [5.74, 6) is 0. The molecule has 0 aromatic heterocycles. The molecule has 7 heteroatoms. The van der Waals surface area contributed by atoms with Crippen LogP contribution in [0, 0.1) is 0 Å². The van der Waals surface area contributed by atoms with Gasteiger partial charge in [-0.3, -0.25) is 5.32 Å². The third kappa shape index (κ3) is 6.33. The highest BCUT2D eigenvalue weighted by Crippen LogP contribution is 2.39. The second-order valence-electron chi connectivity index (χ2n) is 11.0. The van der Waals surface area contributed by atoms with Crippen LogP contribution in [0.15, 0.2) is 78.9 Å². The lowest BCUT2D eigenvalue weighted by Crippen LogP contribution is -2.43. The SMILES string of the molecule is CC(C)(C)c1cccc(C(C)(C)C)c1C(NC(=O)O)S(=O)(=O)NC(c1ccccc1)c1ccccc1. The third-order valence-corrected chi connectivity index (χ3v) is 7.64. The Hall–Kier alpha value is -3.16. The van der Waals surface area contributed by atoms with E-state index < -0.39 is 38.4 Å². The Labute approximate surface area is 214 Å². The van der Waals surface area contributed by atoms with Gasteiger partial charge in [-0.25, -0.2) is 17.9 Å². The number of carboxylic acid groups (broad SMARTS) is 1. The first kappa shape index (κ1) is 27.4. The van der Waals surface area contributed by atoms with Crippen molar-refractivity contribution in [3.63, 3.8) is 0 Å². The fourth-order valence-corrected chi connectivity index (χ4v) is 5.98. The maximum atomic E-state index is 14.1. The Balaban J connectivity index is 2.24. The molecule has 3 rings (SSSR count). The molecule has 0 saturated carbocycles. The largest absolute Gasteiger partial charge is 0.465 e. The average molecular weight is 509 g/mol. The lowest BCUT2D eigenvalue weighted by atomic mass is 9.76. The van der Waals surface area contributed by atoms with E-state index in [9.17, 15) is 18.3 Å². The van der Waals surface area contributed by atoms with Crippen molar-refractivity contribution in [2.24, 2.45) is 0 Å². The second kappa shape index (κ2) is 10.4. The molecule has 1 amide bonds. The van der Waals surface area contributed by atoms with E-state index in [0.717, 1.165) is 22.3 Å². The topological polar surface area (TPSA) is 95.5 Å². The molecule has 36 heavy (non-hydrogen) atoms. The minimum Gasteiger partial charge on any atom is -0.465 e. The van der Waals surface area contributed by atoms with Gasteiger partial charge in [0.1, 0.15) is 0 Å². The quantitative estimate of drug-likeness (QED) is 0.351. The van der Waals surface area contributed by atoms with Gasteiger partial charge >= 0.3 is 6.09 Å². The van der Waals surface area contributed by atoms with E-state index in [0.29, 0.717) is 5.56 Å². The predicted molar refractivity (Wildman–Crippen MR) is 145 cm³/mol. The summed E-state index contributed by atoms with van der Waals surface area (Å²) in [6, 6.07) is 23.5. The van der Waals surface area contributed by atoms with Crippen molar-refractivity contribution in [3.8, 4) is 0 Å². The minimum atomic E-state index is -4.27. The summed E-state index contributed by atoms with van der Waals surface area (Å²) < 4.78 is 31.1. The van der Waals surface area contributed by atoms with E-state index in [1.54, 1.807) is 0 Å². The Morgan fingerprint density at radius 2 is 1.14 bits per heavy atom. The van der Waals surface area contributed by atoms with Crippen LogP contribution in [0.1, 0.15) is 80.8 Å². The van der Waals surface area contributed by atoms with Crippen molar-refractivity contribution in [2.45, 2.75) is 63.8 Å². The highest BCUT2D eigenvalue weighted by molar-refractivity contribution is 7.89. The molecule has 0 aliphatic heterocycles. The van der Waals surface area contributed by atoms with Gasteiger partial charge < -0.3 is 5.11 Å². The van der Waals surface area contributed by atoms with Crippen molar-refractivity contribution >= 4 is 16.1 Å². The van der Waals surface area contributed by atoms with E-state index in [1.165, 1.54) is 0 Å². The predicted octanol–water partition coefficient (Wildman–Crippen LogP) is 6.26. The number of amides is 1. The molecular formula is C29H36N2O4S. The highest BCUT2D eigenvalue weighted by atomic mass is 32.2. The summed E-state index contributed by atoms with van der Waals surface area (Å²) in [6.45, 7) is 12.0. The molecule has 0 aliphatic rings. The van der Waals surface area contributed by atoms with Gasteiger partial charge in [0, 0.05) is 0 Å². The van der Waals surface area contributed by atoms with Crippen LogP contribution in [0.4, 0.5) is 4.79 Å². The Morgan fingerprint density at radius 1 is 0.722 bits per heavy atom. The van der Waals surface area contributed by atoms with Gasteiger partial charge in [-0.15, -0.1) is 0 Å². The minimum absolute atomic E-state index is 0.428. The third-order valence-electron chi connectivity index (χ3n) is 6.10. The Kier molecular flexibility index (Phi) is 7.96. The molecule has 0 saturated heterocycles. The lowest BCUT2D eigenvalue weighted by Gasteiger charge is -2.34. The molecule has 192 valence electrons. The number of benzene rings is 3. The second-order valence-corrected chi connectivity index (χ2v) is 12.8. The van der Waals surface area contributed by atoms with Gasteiger partial charge in [-0.2, -0.15) is 0 Å². The summed E-state index contributed by atoms with van der Waals surface area (Å²) in [4.78, 5) is 12.0. The van der Waals surface area contributed by atoms with Gasteiger partial charge in [-0.1, -0.05) is 120 Å². The summed E-state index contributed by atoms with van der Waals surface area (Å²) >= 11 is 0. The van der Waals surface area contributed by atoms with Gasteiger partial charge in [-0.05, 0) is 38.6 Å². The molecular weight excluding hydrogens is 472 g/mol. The number of sulfonamides is 1. The van der Waals surface area contributed by atoms with E-state index in [4.69, 9.17) is 0 Å². The molecule has 1 atom stereocenters. The summed E-state index contributed by atoms with van der Waals surface area (Å²) in [6.07, 6.45) is -1.41. The molecule has 6 nitrogen and oxygen atoms in total. The first-order valence-corrected chi connectivity index (χ1v) is 13.5. The van der Waals surface area contributed by atoms with E-state index in [-0.39, 0.29) is 0 Å². The first-order valence-electron chi connectivity index (χ1n) is 12.0. The van der Waals surface area contributed by atoms with Crippen molar-refractivity contribution in [1.82, 2.24) is 10.0 Å². The molecule has 3 aromatic rings. The first-order chi connectivity index (χ1) is 16.7. The molecule has 1 unspecified atom stereocenters. The van der Waals surface area contributed by atoms with E-state index >= 15 is 0 Å². The van der Waals surface area contributed by atoms with E-state index in [2.05, 4.69) is 10.0 Å². The average Bonchev–Trinajstić information content (AvgIpc) is 2.80. The standard InChI is InChI=1S/C29H36N2O4S/c1-28(2,3)22-18-13-19-23(29(4,5)6)24(22)26(30-27(32)33)36(34,35)31-25(20-14-9-7-10-15-20)21-16-11-8-12-17-21/h7-19,25-26,30-31H,1-6H3,(H,32,33). The number of nitrogens with one attached hydrogen (secondary N) is 2. The van der Waals surface area contributed by atoms with Crippen LogP contribution in [-0.4, -0.2) is 19.6 Å². The molecule has 3 N–H and O–H groups in total. The number of hydrogen-bond acceptors (Lipinski definition) is 3. The maximum Gasteiger partial charge on any atom is 0.406 e. The maximum absolute atomic E-state index is 14.1. The van der Waals surface area contributed by atoms with Crippen molar-refractivity contribution in [1.29, 1.82) is 0 Å². The zero-order chi connectivity index (χ0) is 26.7. The molecule has 0 aliphatic carbocycles. The van der Waals surface area contributed by atoms with Gasteiger partial charge in [0.05, 0.1) is 6.04 Å². The van der Waals surface area contributed by atoms with Gasteiger partial charge in [0.25, 0.3) is 0 Å². The van der Waals surface area contributed by atoms with Crippen LogP contribution < -0.4 is 10.0 Å². The van der Waals surface area contributed by atoms with Gasteiger partial charge in [0.2, 0.25) is 10.0 Å². The van der Waals surface area contributed by atoms with Crippen molar-refractivity contribution in [3.05, 3.63) is 107 Å². The Bertz CT molecular complexity index is 1220. The fourth-order valence-electron chi connectivity index (χ4n) is 4.42. The van der Waals surface area contributed by atoms with Crippen LogP contribution >= 0.6 is 0 Å². The summed E-state index contributed by atoms with van der Waals surface area (Å²) in [5.41, 5.74) is 2.66. The van der Waals surface area contributed by atoms with Crippen molar-refractivity contribution in [2.75, 3.05) is 0 Å². The lowest BCUT2D eigenvalue weighted by molar-refractivity contribution is 0.192. The summed E-state index contributed by atoms with van der Waals surface area (Å²) in [7, 11) is -4.27. The molecule has 0 spiro atoms. The smallest absolute Gasteiger partial charge is 0.406 e. The normalized spacial score (nSPS) is 13.4. The zero-order valence-corrected chi connectivity index (χ0v) is 22.6. The molecule has 0 heterocycles. The zero-order valence-electron chi connectivity index (χ0n) is 21.7. The highest BCUT2D eigenvalue weighted by Gasteiger charge is 2.38.